The van der Waals surface area contributed by atoms with Crippen LogP contribution in [0.25, 0.3) is 0 Å². The van der Waals surface area contributed by atoms with Gasteiger partial charge in [0.15, 0.2) is 0 Å². The lowest BCUT2D eigenvalue weighted by Crippen LogP contribution is -2.25. The molecular weight excluding hydrogens is 332 g/mol. The van der Waals surface area contributed by atoms with Crippen LogP contribution < -0.4 is 10.5 Å². The first-order chi connectivity index (χ1) is 10.9. The molecule has 0 heterocycles. The molecular formula is C16H18N2O3S2. The van der Waals surface area contributed by atoms with E-state index >= 15 is 0 Å². The lowest BCUT2D eigenvalue weighted by atomic mass is 10.2. The van der Waals surface area contributed by atoms with E-state index in [-0.39, 0.29) is 10.8 Å². The van der Waals surface area contributed by atoms with Crippen molar-refractivity contribution in [1.82, 2.24) is 5.32 Å². The minimum Gasteiger partial charge on any atom is -0.351 e. The molecule has 0 aromatic heterocycles. The zero-order valence-electron chi connectivity index (χ0n) is 12.7. The second-order valence-corrected chi connectivity index (χ2v) is 7.72. The molecule has 0 radical (unpaired) electrons. The summed E-state index contributed by atoms with van der Waals surface area (Å²) >= 11 is 1.66. The van der Waals surface area contributed by atoms with E-state index in [1.807, 2.05) is 31.2 Å². The Hall–Kier alpha value is -1.83. The normalized spacial score (nSPS) is 11.2. The first-order valence-electron chi connectivity index (χ1n) is 6.97. The highest BCUT2D eigenvalue weighted by Crippen LogP contribution is 2.17. The average Bonchev–Trinajstić information content (AvgIpc) is 2.52. The second kappa shape index (κ2) is 7.63. The minimum absolute atomic E-state index is 0.0102. The second-order valence-electron chi connectivity index (χ2n) is 4.99. The van der Waals surface area contributed by atoms with Crippen LogP contribution in [0.4, 0.5) is 0 Å². The van der Waals surface area contributed by atoms with Crippen LogP contribution in [0.1, 0.15) is 15.9 Å². The van der Waals surface area contributed by atoms with Crippen molar-refractivity contribution in [3.63, 3.8) is 0 Å². The van der Waals surface area contributed by atoms with Gasteiger partial charge >= 0.3 is 0 Å². The average molecular weight is 350 g/mol. The molecule has 1 amide bonds. The summed E-state index contributed by atoms with van der Waals surface area (Å²) in [6.07, 6.45) is 0. The number of sulfonamides is 1. The van der Waals surface area contributed by atoms with E-state index in [9.17, 15) is 13.2 Å². The van der Waals surface area contributed by atoms with Gasteiger partial charge in [0.25, 0.3) is 5.91 Å². The highest BCUT2D eigenvalue weighted by Gasteiger charge is 2.09. The molecule has 5 nitrogen and oxygen atoms in total. The molecule has 0 aliphatic carbocycles. The lowest BCUT2D eigenvalue weighted by Gasteiger charge is -2.06. The maximum absolute atomic E-state index is 12.0. The molecule has 3 N–H and O–H groups in total. The fourth-order valence-electron chi connectivity index (χ4n) is 1.87. The van der Waals surface area contributed by atoms with Gasteiger partial charge in [-0.25, -0.2) is 13.6 Å². The fraction of sp³-hybridized carbons (Fsp3) is 0.188. The summed E-state index contributed by atoms with van der Waals surface area (Å²) < 4.78 is 22.3. The quantitative estimate of drug-likeness (QED) is 0.617. The number of thioether (sulfide) groups is 1. The summed E-state index contributed by atoms with van der Waals surface area (Å²) in [5, 5.41) is 7.81. The van der Waals surface area contributed by atoms with Gasteiger partial charge in [-0.15, -0.1) is 11.8 Å². The number of nitrogens with two attached hydrogens (primary N) is 1. The largest absolute Gasteiger partial charge is 0.351 e. The van der Waals surface area contributed by atoms with Crippen LogP contribution in [0.15, 0.2) is 58.3 Å². The number of amides is 1. The predicted octanol–water partition coefficient (Wildman–Crippen LogP) is 2.16. The zero-order chi connectivity index (χ0) is 16.9. The van der Waals surface area contributed by atoms with E-state index in [4.69, 9.17) is 5.14 Å². The number of primary sulfonamides is 1. The summed E-state index contributed by atoms with van der Waals surface area (Å²) in [5.74, 6) is 0.514. The van der Waals surface area contributed by atoms with Crippen LogP contribution >= 0.6 is 11.8 Å². The standard InChI is InChI=1S/C16H18N2O3S2/c1-12-2-6-14(7-3-12)22-11-10-18-16(19)13-4-8-15(9-5-13)23(17,20)21/h2-9H,10-11H2,1H3,(H,18,19)(H2,17,20,21). The Bertz CT molecular complexity index is 770. The first kappa shape index (κ1) is 17.5. The molecule has 2 aromatic rings. The number of carbonyl (C=O) groups is 1. The number of carbonyl (C=O) groups excluding carboxylic acids is 1. The molecule has 0 aliphatic heterocycles. The number of aryl methyl sites for hydroxylation is 1. The molecule has 0 spiro atoms. The van der Waals surface area contributed by atoms with Gasteiger partial charge in [-0.2, -0.15) is 0 Å². The van der Waals surface area contributed by atoms with Gasteiger partial charge in [0.05, 0.1) is 4.90 Å². The Kier molecular flexibility index (Phi) is 5.81. The molecule has 122 valence electrons. The van der Waals surface area contributed by atoms with Crippen molar-refractivity contribution in [3.8, 4) is 0 Å². The number of rotatable bonds is 6. The summed E-state index contributed by atoms with van der Waals surface area (Å²) in [4.78, 5) is 13.1. The Balaban J connectivity index is 1.81. The maximum Gasteiger partial charge on any atom is 0.251 e. The molecule has 0 saturated carbocycles. The van der Waals surface area contributed by atoms with Crippen LogP contribution in [0.5, 0.6) is 0 Å². The highest BCUT2D eigenvalue weighted by molar-refractivity contribution is 7.99. The molecule has 0 unspecified atom stereocenters. The van der Waals surface area contributed by atoms with Crippen molar-refractivity contribution >= 4 is 27.7 Å². The van der Waals surface area contributed by atoms with E-state index in [1.165, 1.54) is 29.8 Å². The van der Waals surface area contributed by atoms with Crippen LogP contribution in [0.3, 0.4) is 0 Å². The van der Waals surface area contributed by atoms with Gasteiger partial charge in [0.2, 0.25) is 10.0 Å². The monoisotopic (exact) mass is 350 g/mol. The number of hydrogen-bond donors (Lipinski definition) is 2. The van der Waals surface area contributed by atoms with Crippen molar-refractivity contribution in [2.45, 2.75) is 16.7 Å². The summed E-state index contributed by atoms with van der Waals surface area (Å²) in [7, 11) is -3.73. The molecule has 0 bridgehead atoms. The van der Waals surface area contributed by atoms with Crippen LogP contribution in [0, 0.1) is 6.92 Å². The maximum atomic E-state index is 12.0. The van der Waals surface area contributed by atoms with Crippen LogP contribution in [-0.2, 0) is 10.0 Å². The van der Waals surface area contributed by atoms with E-state index in [1.54, 1.807) is 11.8 Å². The third-order valence-electron chi connectivity index (χ3n) is 3.12. The van der Waals surface area contributed by atoms with Crippen LogP contribution in [-0.4, -0.2) is 26.6 Å². The third kappa shape index (κ3) is 5.38. The van der Waals surface area contributed by atoms with Gasteiger partial charge in [0.1, 0.15) is 0 Å². The minimum atomic E-state index is -3.73. The van der Waals surface area contributed by atoms with Crippen molar-refractivity contribution in [3.05, 3.63) is 59.7 Å². The zero-order valence-corrected chi connectivity index (χ0v) is 14.3. The van der Waals surface area contributed by atoms with E-state index in [0.717, 1.165) is 10.6 Å². The smallest absolute Gasteiger partial charge is 0.251 e. The van der Waals surface area contributed by atoms with Gasteiger partial charge < -0.3 is 5.32 Å². The molecule has 0 aliphatic rings. The Morgan fingerprint density at radius 1 is 1.09 bits per heavy atom. The predicted molar refractivity (Wildman–Crippen MR) is 92.1 cm³/mol. The van der Waals surface area contributed by atoms with Gasteiger partial charge in [-0.1, -0.05) is 17.7 Å². The van der Waals surface area contributed by atoms with Crippen molar-refractivity contribution < 1.29 is 13.2 Å². The van der Waals surface area contributed by atoms with E-state index in [2.05, 4.69) is 5.32 Å². The van der Waals surface area contributed by atoms with E-state index in [0.29, 0.717) is 12.1 Å². The molecule has 2 rings (SSSR count). The molecule has 2 aromatic carbocycles. The molecule has 23 heavy (non-hydrogen) atoms. The van der Waals surface area contributed by atoms with Crippen molar-refractivity contribution in [2.24, 2.45) is 5.14 Å². The van der Waals surface area contributed by atoms with Crippen LogP contribution in [0.2, 0.25) is 0 Å². The first-order valence-corrected chi connectivity index (χ1v) is 9.50. The van der Waals surface area contributed by atoms with E-state index < -0.39 is 10.0 Å². The summed E-state index contributed by atoms with van der Waals surface area (Å²) in [5.41, 5.74) is 1.61. The summed E-state index contributed by atoms with van der Waals surface area (Å²) in [6, 6.07) is 13.7. The molecule has 0 fully saturated rings. The Morgan fingerprint density at radius 3 is 2.26 bits per heavy atom. The lowest BCUT2D eigenvalue weighted by molar-refractivity contribution is 0.0956. The van der Waals surface area contributed by atoms with Crippen molar-refractivity contribution in [2.75, 3.05) is 12.3 Å². The fourth-order valence-corrected chi connectivity index (χ4v) is 3.15. The Morgan fingerprint density at radius 2 is 1.70 bits per heavy atom. The third-order valence-corrected chi connectivity index (χ3v) is 5.07. The molecule has 0 atom stereocenters. The Labute approximate surface area is 140 Å². The van der Waals surface area contributed by atoms with Crippen molar-refractivity contribution in [1.29, 1.82) is 0 Å². The SMILES string of the molecule is Cc1ccc(SCCNC(=O)c2ccc(S(N)(=O)=O)cc2)cc1. The van der Waals surface area contributed by atoms with Gasteiger partial charge in [0, 0.05) is 22.8 Å². The summed E-state index contributed by atoms with van der Waals surface area (Å²) in [6.45, 7) is 2.56. The highest BCUT2D eigenvalue weighted by atomic mass is 32.2. The number of hydrogen-bond acceptors (Lipinski definition) is 4. The topological polar surface area (TPSA) is 89.3 Å². The molecule has 0 saturated heterocycles. The molecule has 7 heteroatoms. The number of benzene rings is 2. The van der Waals surface area contributed by atoms with Gasteiger partial charge in [-0.05, 0) is 43.3 Å². The van der Waals surface area contributed by atoms with Gasteiger partial charge in [-0.3, -0.25) is 4.79 Å². The number of nitrogens with one attached hydrogen (secondary N) is 1.